The van der Waals surface area contributed by atoms with Gasteiger partial charge in [-0.15, -0.1) is 0 Å². The van der Waals surface area contributed by atoms with Crippen molar-refractivity contribution in [1.29, 1.82) is 0 Å². The Morgan fingerprint density at radius 2 is 2.15 bits per heavy atom. The standard InChI is InChI=1S/C15H21ClN4/c1-4-7-18-14(12-6-8-17-9-11(12)3)15-13(16)10-19-20(15)5-2/h6,8-10,14,18H,4-5,7H2,1-3H3. The van der Waals surface area contributed by atoms with E-state index in [1.807, 2.05) is 23.1 Å². The normalized spacial score (nSPS) is 12.6. The zero-order chi connectivity index (χ0) is 14.5. The van der Waals surface area contributed by atoms with Crippen molar-refractivity contribution < 1.29 is 0 Å². The van der Waals surface area contributed by atoms with Crippen molar-refractivity contribution in [3.63, 3.8) is 0 Å². The maximum absolute atomic E-state index is 6.36. The zero-order valence-electron chi connectivity index (χ0n) is 12.2. The third-order valence-corrected chi connectivity index (χ3v) is 3.67. The number of nitrogens with zero attached hydrogens (tertiary/aromatic N) is 3. The van der Waals surface area contributed by atoms with Crippen LogP contribution in [0.1, 0.15) is 43.1 Å². The number of aryl methyl sites for hydroxylation is 2. The molecule has 4 nitrogen and oxygen atoms in total. The molecule has 0 aliphatic rings. The van der Waals surface area contributed by atoms with Crippen molar-refractivity contribution in [2.24, 2.45) is 0 Å². The average Bonchev–Trinajstić information content (AvgIpc) is 2.82. The second-order valence-electron chi connectivity index (χ2n) is 4.81. The molecule has 2 heterocycles. The fourth-order valence-corrected chi connectivity index (χ4v) is 2.61. The Bertz CT molecular complexity index is 565. The molecule has 0 spiro atoms. The van der Waals surface area contributed by atoms with Gasteiger partial charge in [-0.1, -0.05) is 18.5 Å². The van der Waals surface area contributed by atoms with Crippen molar-refractivity contribution in [2.75, 3.05) is 6.54 Å². The Kier molecular flexibility index (Phi) is 5.15. The quantitative estimate of drug-likeness (QED) is 0.888. The lowest BCUT2D eigenvalue weighted by Crippen LogP contribution is -2.26. The summed E-state index contributed by atoms with van der Waals surface area (Å²) in [6, 6.07) is 2.10. The molecule has 0 saturated carbocycles. The van der Waals surface area contributed by atoms with E-state index in [1.54, 1.807) is 6.20 Å². The summed E-state index contributed by atoms with van der Waals surface area (Å²) in [5, 5.41) is 8.62. The highest BCUT2D eigenvalue weighted by atomic mass is 35.5. The molecule has 0 aliphatic heterocycles. The van der Waals surface area contributed by atoms with Crippen LogP contribution in [0.4, 0.5) is 0 Å². The summed E-state index contributed by atoms with van der Waals surface area (Å²) in [5.74, 6) is 0. The topological polar surface area (TPSA) is 42.7 Å². The van der Waals surface area contributed by atoms with Crippen LogP contribution in [0, 0.1) is 6.92 Å². The first-order valence-electron chi connectivity index (χ1n) is 7.04. The van der Waals surface area contributed by atoms with E-state index in [4.69, 9.17) is 11.6 Å². The van der Waals surface area contributed by atoms with Crippen molar-refractivity contribution in [2.45, 2.75) is 39.8 Å². The van der Waals surface area contributed by atoms with Gasteiger partial charge in [0.1, 0.15) is 0 Å². The summed E-state index contributed by atoms with van der Waals surface area (Å²) in [7, 11) is 0. The lowest BCUT2D eigenvalue weighted by molar-refractivity contribution is 0.528. The van der Waals surface area contributed by atoms with Crippen LogP contribution < -0.4 is 5.32 Å². The van der Waals surface area contributed by atoms with Gasteiger partial charge in [-0.2, -0.15) is 5.10 Å². The molecule has 0 aliphatic carbocycles. The highest BCUT2D eigenvalue weighted by Crippen LogP contribution is 2.29. The molecule has 5 heteroatoms. The molecule has 0 radical (unpaired) electrons. The van der Waals surface area contributed by atoms with Gasteiger partial charge in [-0.25, -0.2) is 0 Å². The molecule has 0 aromatic carbocycles. The summed E-state index contributed by atoms with van der Waals surface area (Å²) in [6.45, 7) is 8.03. The van der Waals surface area contributed by atoms with Crippen molar-refractivity contribution in [3.05, 3.63) is 46.5 Å². The SMILES string of the molecule is CCCNC(c1ccncc1C)c1c(Cl)cnn1CC. The van der Waals surface area contributed by atoms with Gasteiger partial charge in [0.2, 0.25) is 0 Å². The Balaban J connectivity index is 2.47. The maximum Gasteiger partial charge on any atom is 0.0837 e. The monoisotopic (exact) mass is 292 g/mol. The number of pyridine rings is 1. The summed E-state index contributed by atoms with van der Waals surface area (Å²) in [5.41, 5.74) is 3.38. The molecule has 2 rings (SSSR count). The van der Waals surface area contributed by atoms with E-state index < -0.39 is 0 Å². The smallest absolute Gasteiger partial charge is 0.0837 e. The number of aromatic nitrogens is 3. The molecular weight excluding hydrogens is 272 g/mol. The minimum absolute atomic E-state index is 0.0490. The first kappa shape index (κ1) is 15.0. The molecule has 0 bridgehead atoms. The molecule has 1 atom stereocenters. The third-order valence-electron chi connectivity index (χ3n) is 3.38. The molecule has 0 amide bonds. The molecule has 20 heavy (non-hydrogen) atoms. The third kappa shape index (κ3) is 3.02. The largest absolute Gasteiger partial charge is 0.305 e. The van der Waals surface area contributed by atoms with Crippen molar-refractivity contribution >= 4 is 11.6 Å². The van der Waals surface area contributed by atoms with E-state index in [1.165, 1.54) is 5.56 Å². The molecule has 1 unspecified atom stereocenters. The van der Waals surface area contributed by atoms with Gasteiger partial charge >= 0.3 is 0 Å². The van der Waals surface area contributed by atoms with Gasteiger partial charge in [0, 0.05) is 18.9 Å². The number of rotatable bonds is 6. The van der Waals surface area contributed by atoms with E-state index in [0.717, 1.165) is 30.8 Å². The number of hydrogen-bond donors (Lipinski definition) is 1. The van der Waals surface area contributed by atoms with E-state index in [0.29, 0.717) is 5.02 Å². The highest BCUT2D eigenvalue weighted by molar-refractivity contribution is 6.31. The van der Waals surface area contributed by atoms with Gasteiger partial charge in [0.25, 0.3) is 0 Å². The predicted octanol–water partition coefficient (Wildman–Crippen LogP) is 3.35. The number of hydrogen-bond acceptors (Lipinski definition) is 3. The Morgan fingerprint density at radius 1 is 1.35 bits per heavy atom. The first-order chi connectivity index (χ1) is 9.69. The predicted molar refractivity (Wildman–Crippen MR) is 82.0 cm³/mol. The molecular formula is C15H21ClN4. The van der Waals surface area contributed by atoms with Crippen LogP contribution >= 0.6 is 11.6 Å². The van der Waals surface area contributed by atoms with Crippen LogP contribution in [-0.2, 0) is 6.54 Å². The second-order valence-corrected chi connectivity index (χ2v) is 5.22. The van der Waals surface area contributed by atoms with Crippen LogP contribution in [0.3, 0.4) is 0 Å². The molecule has 0 saturated heterocycles. The fourth-order valence-electron chi connectivity index (χ4n) is 2.36. The molecule has 1 N–H and O–H groups in total. The summed E-state index contributed by atoms with van der Waals surface area (Å²) in [6.07, 6.45) is 6.50. The first-order valence-corrected chi connectivity index (χ1v) is 7.41. The number of halogens is 1. The fraction of sp³-hybridized carbons (Fsp3) is 0.467. The summed E-state index contributed by atoms with van der Waals surface area (Å²) in [4.78, 5) is 4.17. The van der Waals surface area contributed by atoms with Gasteiger partial charge in [-0.3, -0.25) is 9.67 Å². The zero-order valence-corrected chi connectivity index (χ0v) is 13.0. The van der Waals surface area contributed by atoms with Crippen LogP contribution in [0.25, 0.3) is 0 Å². The van der Waals surface area contributed by atoms with E-state index in [-0.39, 0.29) is 6.04 Å². The van der Waals surface area contributed by atoms with Gasteiger partial charge in [-0.05, 0) is 44.0 Å². The Labute approximate surface area is 125 Å². The van der Waals surface area contributed by atoms with Crippen LogP contribution in [0.5, 0.6) is 0 Å². The van der Waals surface area contributed by atoms with E-state index in [9.17, 15) is 0 Å². The number of nitrogens with one attached hydrogen (secondary N) is 1. The second kappa shape index (κ2) is 6.86. The van der Waals surface area contributed by atoms with Gasteiger partial charge in [0.15, 0.2) is 0 Å². The Hall–Kier alpha value is -1.39. The van der Waals surface area contributed by atoms with Crippen LogP contribution in [0.15, 0.2) is 24.7 Å². The maximum atomic E-state index is 6.36. The van der Waals surface area contributed by atoms with E-state index >= 15 is 0 Å². The lowest BCUT2D eigenvalue weighted by Gasteiger charge is -2.22. The molecule has 108 valence electrons. The minimum atomic E-state index is 0.0490. The summed E-state index contributed by atoms with van der Waals surface area (Å²) >= 11 is 6.36. The minimum Gasteiger partial charge on any atom is -0.305 e. The van der Waals surface area contributed by atoms with Crippen molar-refractivity contribution in [1.82, 2.24) is 20.1 Å². The van der Waals surface area contributed by atoms with Gasteiger partial charge in [0.05, 0.1) is 23.0 Å². The van der Waals surface area contributed by atoms with Crippen molar-refractivity contribution in [3.8, 4) is 0 Å². The Morgan fingerprint density at radius 3 is 2.80 bits per heavy atom. The molecule has 2 aromatic rings. The lowest BCUT2D eigenvalue weighted by atomic mass is 10.0. The summed E-state index contributed by atoms with van der Waals surface area (Å²) < 4.78 is 1.95. The van der Waals surface area contributed by atoms with Crippen LogP contribution in [-0.4, -0.2) is 21.3 Å². The van der Waals surface area contributed by atoms with Crippen LogP contribution in [0.2, 0.25) is 5.02 Å². The molecule has 0 fully saturated rings. The van der Waals surface area contributed by atoms with Gasteiger partial charge < -0.3 is 5.32 Å². The van der Waals surface area contributed by atoms with E-state index in [2.05, 4.69) is 36.2 Å². The highest BCUT2D eigenvalue weighted by Gasteiger charge is 2.22. The molecule has 2 aromatic heterocycles. The average molecular weight is 293 g/mol.